The highest BCUT2D eigenvalue weighted by Crippen LogP contribution is 2.49. The molecule has 4 heterocycles. The van der Waals surface area contributed by atoms with Gasteiger partial charge in [0, 0.05) is 44.0 Å². The van der Waals surface area contributed by atoms with E-state index in [4.69, 9.17) is 61.7 Å². The van der Waals surface area contributed by atoms with Crippen LogP contribution in [0.5, 0.6) is 17.2 Å². The minimum Gasteiger partial charge on any atom is -0.492 e. The van der Waals surface area contributed by atoms with Gasteiger partial charge in [0.2, 0.25) is 17.2 Å². The Hall–Kier alpha value is -2.94. The van der Waals surface area contributed by atoms with E-state index >= 15 is 0 Å². The Bertz CT molecular complexity index is 2690. The number of aliphatic hydroxyl groups is 5. The smallest absolute Gasteiger partial charge is 0.411 e. The number of alkyl carbamates (subject to hydrolysis) is 1. The van der Waals surface area contributed by atoms with E-state index in [2.05, 4.69) is 39.8 Å². The summed E-state index contributed by atoms with van der Waals surface area (Å²) >= 11 is 2.82. The van der Waals surface area contributed by atoms with Gasteiger partial charge in [-0.15, -0.1) is 0 Å². The van der Waals surface area contributed by atoms with E-state index in [1.807, 2.05) is 28.8 Å². The van der Waals surface area contributed by atoms with Crippen LogP contribution in [0.4, 0.5) is 4.79 Å². The molecule has 0 spiro atoms. The van der Waals surface area contributed by atoms with E-state index in [9.17, 15) is 39.9 Å². The third-order valence-corrected chi connectivity index (χ3v) is 21.1. The molecule has 24 nitrogen and oxygen atoms in total. The van der Waals surface area contributed by atoms with Crippen molar-refractivity contribution in [3.05, 3.63) is 49.8 Å². The number of hydrogen-bond acceptors (Lipinski definition) is 27. The summed E-state index contributed by atoms with van der Waals surface area (Å²) in [5.41, 5.74) is 1.28. The molecule has 0 unspecified atom stereocenters. The number of carbonyl (C=O) groups is 3. The molecule has 7 rings (SSSR count). The second-order valence-electron chi connectivity index (χ2n) is 19.8. The highest BCUT2D eigenvalue weighted by atomic mass is 127. The van der Waals surface area contributed by atoms with Crippen LogP contribution in [0.15, 0.2) is 35.1 Å². The SMILES string of the molecule is CN[C@H]1CO[C@@H](O[C@H]2[C@H](O[C@H]3C#C/C=C/C#C[C@]4(O)CC(=O)C(NC(=O)OC)=C3/C4=C\CSSSC)O[C@H](C)[C@@H](NO[C@H]3C[C@H](O)[C@H](SC(=O)c4c(C)c(I)c(O[C@@H]5O[C@@H](C)[C@H](O)[C@@H](OC)[C@H]5O)c(OC)c4OC)[C@@H](C)O3)[C@@H]2O)C[C@@H]1OC. The number of hydroxylamine groups is 1. The lowest BCUT2D eigenvalue weighted by Crippen LogP contribution is -2.65. The summed E-state index contributed by atoms with van der Waals surface area (Å²) in [6, 6.07) is -1.28. The number of aliphatic hydroxyl groups excluding tert-OH is 4. The number of carbonyl (C=O) groups excluding carboxylic acids is 3. The van der Waals surface area contributed by atoms with E-state index in [0.29, 0.717) is 14.9 Å². The van der Waals surface area contributed by atoms with Gasteiger partial charge in [-0.25, -0.2) is 4.79 Å². The molecule has 0 radical (unpaired) electrons. The summed E-state index contributed by atoms with van der Waals surface area (Å²) in [7, 11) is 13.0. The van der Waals surface area contributed by atoms with Gasteiger partial charge >= 0.3 is 6.09 Å². The number of likely N-dealkylation sites (N-methyl/N-ethyl adjacent to an activating group) is 1. The lowest BCUT2D eigenvalue weighted by atomic mass is 9.75. The Morgan fingerprint density at radius 1 is 0.880 bits per heavy atom. The van der Waals surface area contributed by atoms with E-state index in [1.165, 1.54) is 64.9 Å². The number of thioether (sulfide) groups is 1. The molecule has 6 aliphatic rings. The number of ketones is 1. The van der Waals surface area contributed by atoms with Crippen molar-refractivity contribution in [2.75, 3.05) is 61.2 Å². The monoisotopic (exact) mass is 1350 g/mol. The summed E-state index contributed by atoms with van der Waals surface area (Å²) < 4.78 is 72.3. The first kappa shape index (κ1) is 67.6. The third kappa shape index (κ3) is 15.5. The molecule has 1 aromatic rings. The van der Waals surface area contributed by atoms with Crippen molar-refractivity contribution in [2.24, 2.45) is 0 Å². The second kappa shape index (κ2) is 30.8. The number of amides is 1. The normalized spacial score (nSPS) is 36.2. The van der Waals surface area contributed by atoms with Crippen molar-refractivity contribution >= 4 is 82.8 Å². The molecule has 0 saturated carbocycles. The van der Waals surface area contributed by atoms with Crippen LogP contribution in [0.1, 0.15) is 56.0 Å². The summed E-state index contributed by atoms with van der Waals surface area (Å²) in [5, 5.41) is 62.4. The average molecular weight is 1350 g/mol. The maximum absolute atomic E-state index is 14.4. The van der Waals surface area contributed by atoms with Crippen molar-refractivity contribution in [1.29, 1.82) is 0 Å². The minimum absolute atomic E-state index is 0.0170. The van der Waals surface area contributed by atoms with Crippen LogP contribution in [-0.4, -0.2) is 219 Å². The molecule has 4 aliphatic heterocycles. The third-order valence-electron chi connectivity index (χ3n) is 14.7. The maximum atomic E-state index is 14.4. The molecule has 1 amide bonds. The van der Waals surface area contributed by atoms with Gasteiger partial charge in [-0.2, -0.15) is 5.48 Å². The van der Waals surface area contributed by atoms with Crippen LogP contribution in [0, 0.1) is 34.2 Å². The summed E-state index contributed by atoms with van der Waals surface area (Å²) in [6.45, 7) is 6.79. The van der Waals surface area contributed by atoms with Gasteiger partial charge in [0.15, 0.2) is 41.8 Å². The molecule has 4 saturated heterocycles. The Labute approximate surface area is 511 Å². The van der Waals surface area contributed by atoms with Crippen molar-refractivity contribution in [2.45, 2.75) is 162 Å². The van der Waals surface area contributed by atoms with Crippen LogP contribution < -0.4 is 30.3 Å². The van der Waals surface area contributed by atoms with E-state index in [-0.39, 0.29) is 71.2 Å². The Morgan fingerprint density at radius 2 is 1.60 bits per heavy atom. The number of nitrogens with one attached hydrogen (secondary N) is 3. The molecule has 2 aliphatic carbocycles. The highest BCUT2D eigenvalue weighted by Gasteiger charge is 2.52. The number of allylic oxidation sites excluding steroid dienone is 3. The zero-order valence-electron chi connectivity index (χ0n) is 47.4. The number of benzene rings is 1. The van der Waals surface area contributed by atoms with Gasteiger partial charge in [0.25, 0.3) is 0 Å². The topological polar surface area (TPSA) is 308 Å². The van der Waals surface area contributed by atoms with Crippen LogP contribution in [0.2, 0.25) is 0 Å². The molecule has 29 heteroatoms. The lowest BCUT2D eigenvalue weighted by Gasteiger charge is -2.46. The summed E-state index contributed by atoms with van der Waals surface area (Å²) in [5.74, 6) is 11.3. The largest absolute Gasteiger partial charge is 0.492 e. The van der Waals surface area contributed by atoms with Gasteiger partial charge in [-0.1, -0.05) is 63.1 Å². The first-order chi connectivity index (χ1) is 39.7. The molecule has 0 aromatic heterocycles. The van der Waals surface area contributed by atoms with Crippen molar-refractivity contribution in [3.63, 3.8) is 0 Å². The standard InChI is InChI=1S/C54H72IN3O21S4/c1-24-36(44(68-7)48(70-9)45(38(24)55)78-51-43(63)46(69-8)41(61)26(3)75-51)50(64)82-49-27(4)73-35(20-30(49)59)79-58-39-25(2)74-52(47(42(39)62)77-34-21-33(67-6)29(56-5)23-72-34)76-32-16-14-12-13-15-18-54(66)22-31(60)40(57-53(65)71-10)37(32)28(54)17-19-81-83-80-11/h12-13,17,25-27,29-30,32-35,39,41-43,46-47,49,51-52,56,58-59,61-63,66H,19-23H2,1-11H3,(H,57,65)/b13-12+,28-17+/t25-,26+,27-,29+,30+,32+,33+,34+,35+,39-,41+,42+,43-,46-,47-,49-,51+,52+,54+/m1/s1. The predicted molar refractivity (Wildman–Crippen MR) is 315 cm³/mol. The maximum Gasteiger partial charge on any atom is 0.411 e. The van der Waals surface area contributed by atoms with Crippen molar-refractivity contribution in [1.82, 2.24) is 16.1 Å². The number of halogens is 1. The van der Waals surface area contributed by atoms with Gasteiger partial charge in [-0.05, 0) is 91.1 Å². The first-order valence-corrected chi connectivity index (χ1v) is 32.3. The van der Waals surface area contributed by atoms with Crippen LogP contribution in [-0.2, 0) is 52.3 Å². The number of Topliss-reactive ketones (excluding diaryl/α,β-unsaturated/α-hetero) is 1. The fourth-order valence-corrected chi connectivity index (χ4v) is 14.5. The number of fused-ring (bicyclic) bond motifs is 2. The molecule has 2 bridgehead atoms. The quantitative estimate of drug-likeness (QED) is 0.0289. The molecule has 83 heavy (non-hydrogen) atoms. The minimum atomic E-state index is -2.05. The molecule has 1 aromatic carbocycles. The van der Waals surface area contributed by atoms with Crippen LogP contribution in [0.3, 0.4) is 0 Å². The van der Waals surface area contributed by atoms with Crippen molar-refractivity contribution < 1.29 is 102 Å². The van der Waals surface area contributed by atoms with E-state index < -0.39 is 127 Å². The number of rotatable bonds is 21. The molecule has 460 valence electrons. The number of ether oxygens (including phenoxy) is 12. The second-order valence-corrected chi connectivity index (χ2v) is 26.4. The van der Waals surface area contributed by atoms with Crippen LogP contribution in [0.25, 0.3) is 0 Å². The van der Waals surface area contributed by atoms with Gasteiger partial charge in [0.05, 0.1) is 97.0 Å². The Morgan fingerprint density at radius 3 is 2.27 bits per heavy atom. The molecular weight excluding hydrogens is 1280 g/mol. The van der Waals surface area contributed by atoms with Gasteiger partial charge in [-0.3, -0.25) is 19.7 Å². The first-order valence-electron chi connectivity index (χ1n) is 26.3. The molecule has 8 N–H and O–H groups in total. The fourth-order valence-electron chi connectivity index (χ4n) is 10.3. The number of hydrogen-bond donors (Lipinski definition) is 8. The van der Waals surface area contributed by atoms with Gasteiger partial charge in [0.1, 0.15) is 36.6 Å². The number of methoxy groups -OCH3 is 5. The van der Waals surface area contributed by atoms with Crippen molar-refractivity contribution in [3.8, 4) is 40.9 Å². The molecular formula is C54H72IN3O21S4. The van der Waals surface area contributed by atoms with Gasteiger partial charge < -0.3 is 87.7 Å². The average Bonchev–Trinajstić information content (AvgIpc) is 3.59. The Balaban J connectivity index is 1.11. The van der Waals surface area contributed by atoms with E-state index in [1.54, 1.807) is 47.9 Å². The Kier molecular flexibility index (Phi) is 25.1. The zero-order valence-corrected chi connectivity index (χ0v) is 52.9. The molecule has 19 atom stereocenters. The predicted octanol–water partition coefficient (Wildman–Crippen LogP) is 2.81. The molecule has 4 fully saturated rings. The van der Waals surface area contributed by atoms with Crippen LogP contribution >= 0.6 is 65.8 Å². The fraction of sp³-hybridized carbons (Fsp3) is 0.648. The van der Waals surface area contributed by atoms with E-state index in [0.717, 1.165) is 18.9 Å². The summed E-state index contributed by atoms with van der Waals surface area (Å²) in [4.78, 5) is 47.5. The summed E-state index contributed by atoms with van der Waals surface area (Å²) in [6.07, 6.45) is -11.9. The lowest BCUT2D eigenvalue weighted by molar-refractivity contribution is -0.336. The zero-order chi connectivity index (χ0) is 60.4. The highest BCUT2D eigenvalue weighted by molar-refractivity contribution is 14.1.